The summed E-state index contributed by atoms with van der Waals surface area (Å²) >= 11 is 0. The predicted molar refractivity (Wildman–Crippen MR) is 97.0 cm³/mol. The molecule has 142 valence electrons. The monoisotopic (exact) mass is 370 g/mol. The smallest absolute Gasteiger partial charge is 0.308 e. The van der Waals surface area contributed by atoms with E-state index in [0.29, 0.717) is 25.8 Å². The van der Waals surface area contributed by atoms with Gasteiger partial charge in [0.05, 0.1) is 12.2 Å². The minimum atomic E-state index is -0.897. The summed E-state index contributed by atoms with van der Waals surface area (Å²) in [5, 5.41) is 12.0. The van der Waals surface area contributed by atoms with Crippen molar-refractivity contribution in [3.8, 4) is 0 Å². The van der Waals surface area contributed by atoms with Crippen LogP contribution in [-0.4, -0.2) is 46.9 Å². The normalized spacial score (nSPS) is 17.9. The molecule has 0 spiro atoms. The molecule has 1 fully saturated rings. The highest BCUT2D eigenvalue weighted by Crippen LogP contribution is 2.18. The lowest BCUT2D eigenvalue weighted by atomic mass is 9.96. The van der Waals surface area contributed by atoms with Crippen LogP contribution in [0.5, 0.6) is 0 Å². The van der Waals surface area contributed by atoms with Crippen LogP contribution in [-0.2, 0) is 16.0 Å². The topological polar surface area (TPSA) is 99.9 Å². The van der Waals surface area contributed by atoms with Crippen LogP contribution in [0, 0.1) is 5.92 Å². The first-order valence-corrected chi connectivity index (χ1v) is 8.94. The fourth-order valence-corrected chi connectivity index (χ4v) is 3.29. The number of rotatable bonds is 6. The van der Waals surface area contributed by atoms with Gasteiger partial charge in [-0.2, -0.15) is 0 Å². The minimum absolute atomic E-state index is 0.128. The molecule has 7 heteroatoms. The van der Waals surface area contributed by atoms with E-state index >= 15 is 0 Å². The van der Waals surface area contributed by atoms with Gasteiger partial charge >= 0.3 is 5.97 Å². The summed E-state index contributed by atoms with van der Waals surface area (Å²) in [6.45, 7) is 0.653. The Morgan fingerprint density at radius 2 is 1.96 bits per heavy atom. The van der Waals surface area contributed by atoms with Crippen LogP contribution < -0.4 is 5.32 Å². The van der Waals surface area contributed by atoms with Crippen molar-refractivity contribution in [3.63, 3.8) is 0 Å². The van der Waals surface area contributed by atoms with Crippen molar-refractivity contribution in [2.45, 2.75) is 25.3 Å². The van der Waals surface area contributed by atoms with Gasteiger partial charge in [0.2, 0.25) is 5.91 Å². The molecule has 0 bridgehead atoms. The predicted octanol–water partition coefficient (Wildman–Crippen LogP) is 1.94. The lowest BCUT2D eigenvalue weighted by Gasteiger charge is -2.33. The number of furan rings is 1. The number of piperidine rings is 1. The molecule has 0 unspecified atom stereocenters. The molecule has 7 nitrogen and oxygen atoms in total. The number of carbonyl (C=O) groups is 3. The fraction of sp³-hybridized carbons (Fsp3) is 0.350. The summed E-state index contributed by atoms with van der Waals surface area (Å²) in [6, 6.07) is 11.7. The summed E-state index contributed by atoms with van der Waals surface area (Å²) in [7, 11) is 0. The molecule has 0 saturated carbocycles. The number of nitrogens with one attached hydrogen (secondary N) is 1. The largest absolute Gasteiger partial charge is 0.481 e. The third-order valence-electron chi connectivity index (χ3n) is 4.71. The van der Waals surface area contributed by atoms with Crippen LogP contribution in [0.4, 0.5) is 0 Å². The van der Waals surface area contributed by atoms with Gasteiger partial charge in [0.1, 0.15) is 6.04 Å². The van der Waals surface area contributed by atoms with E-state index in [1.54, 1.807) is 6.07 Å². The number of benzene rings is 1. The Hall–Kier alpha value is -3.09. The van der Waals surface area contributed by atoms with Crippen LogP contribution in [0.15, 0.2) is 53.1 Å². The summed E-state index contributed by atoms with van der Waals surface area (Å²) in [5.74, 6) is -2.08. The summed E-state index contributed by atoms with van der Waals surface area (Å²) in [6.07, 6.45) is 2.90. The van der Waals surface area contributed by atoms with E-state index in [4.69, 9.17) is 4.42 Å². The van der Waals surface area contributed by atoms with Gasteiger partial charge in [0, 0.05) is 19.5 Å². The molecule has 2 amide bonds. The number of carboxylic acid groups (broad SMARTS) is 1. The van der Waals surface area contributed by atoms with Gasteiger partial charge in [-0.25, -0.2) is 0 Å². The van der Waals surface area contributed by atoms with E-state index in [0.717, 1.165) is 5.56 Å². The van der Waals surface area contributed by atoms with Crippen molar-refractivity contribution in [2.75, 3.05) is 13.1 Å². The molecule has 2 N–H and O–H groups in total. The maximum absolute atomic E-state index is 13.1. The van der Waals surface area contributed by atoms with Gasteiger partial charge in [-0.15, -0.1) is 0 Å². The number of amides is 2. The Morgan fingerprint density at radius 1 is 1.19 bits per heavy atom. The highest BCUT2D eigenvalue weighted by atomic mass is 16.4. The van der Waals surface area contributed by atoms with E-state index in [-0.39, 0.29) is 18.2 Å². The Morgan fingerprint density at radius 3 is 2.63 bits per heavy atom. The first kappa shape index (κ1) is 18.7. The number of hydrogen-bond donors (Lipinski definition) is 2. The third kappa shape index (κ3) is 4.75. The molecule has 1 saturated heterocycles. The second-order valence-electron chi connectivity index (χ2n) is 6.65. The van der Waals surface area contributed by atoms with Gasteiger partial charge in [0.25, 0.3) is 5.91 Å². The van der Waals surface area contributed by atoms with Crippen LogP contribution in [0.2, 0.25) is 0 Å². The molecule has 2 atom stereocenters. The quantitative estimate of drug-likeness (QED) is 0.809. The molecular weight excluding hydrogens is 348 g/mol. The number of carbonyl (C=O) groups excluding carboxylic acids is 2. The maximum atomic E-state index is 13.1. The van der Waals surface area contributed by atoms with E-state index < -0.39 is 23.8 Å². The lowest BCUT2D eigenvalue weighted by Crippen LogP contribution is -2.52. The van der Waals surface area contributed by atoms with Gasteiger partial charge in [-0.3, -0.25) is 14.4 Å². The number of likely N-dealkylation sites (tertiary alicyclic amines) is 1. The van der Waals surface area contributed by atoms with Crippen LogP contribution in [0.1, 0.15) is 29.0 Å². The number of carboxylic acids is 1. The van der Waals surface area contributed by atoms with Gasteiger partial charge in [-0.05, 0) is 30.5 Å². The molecule has 3 rings (SSSR count). The van der Waals surface area contributed by atoms with E-state index in [1.807, 2.05) is 30.3 Å². The maximum Gasteiger partial charge on any atom is 0.308 e. The second kappa shape index (κ2) is 8.53. The van der Waals surface area contributed by atoms with Crippen molar-refractivity contribution in [1.82, 2.24) is 10.2 Å². The van der Waals surface area contributed by atoms with Crippen LogP contribution >= 0.6 is 0 Å². The standard InChI is InChI=1S/C20H22N2O5/c23-18(17-9-5-11-27-17)21-16(12-14-6-2-1-3-7-14)19(24)22-10-4-8-15(13-22)20(25)26/h1-3,5-7,9,11,15-16H,4,8,10,12-13H2,(H,21,23)(H,25,26)/t15-,16-/m0/s1. The lowest BCUT2D eigenvalue weighted by molar-refractivity contribution is -0.146. The van der Waals surface area contributed by atoms with Crippen LogP contribution in [0.3, 0.4) is 0 Å². The zero-order chi connectivity index (χ0) is 19.2. The summed E-state index contributed by atoms with van der Waals surface area (Å²) < 4.78 is 5.11. The zero-order valence-electron chi connectivity index (χ0n) is 14.8. The molecule has 2 heterocycles. The van der Waals surface area contributed by atoms with Gasteiger partial charge in [0.15, 0.2) is 5.76 Å². The Kier molecular flexibility index (Phi) is 5.90. The van der Waals surface area contributed by atoms with E-state index in [1.165, 1.54) is 17.2 Å². The minimum Gasteiger partial charge on any atom is -0.481 e. The van der Waals surface area contributed by atoms with E-state index in [2.05, 4.69) is 5.32 Å². The summed E-state index contributed by atoms with van der Waals surface area (Å²) in [5.41, 5.74) is 0.905. The Labute approximate surface area is 157 Å². The molecule has 1 aliphatic rings. The van der Waals surface area contributed by atoms with Crippen molar-refractivity contribution >= 4 is 17.8 Å². The first-order chi connectivity index (χ1) is 13.0. The van der Waals surface area contributed by atoms with Crippen molar-refractivity contribution in [3.05, 3.63) is 60.1 Å². The molecule has 0 radical (unpaired) electrons. The molecular formula is C20H22N2O5. The van der Waals surface area contributed by atoms with Crippen molar-refractivity contribution < 1.29 is 23.9 Å². The molecule has 1 aromatic carbocycles. The van der Waals surface area contributed by atoms with E-state index in [9.17, 15) is 19.5 Å². The first-order valence-electron chi connectivity index (χ1n) is 8.94. The third-order valence-corrected chi connectivity index (χ3v) is 4.71. The summed E-state index contributed by atoms with van der Waals surface area (Å²) in [4.78, 5) is 38.3. The Balaban J connectivity index is 1.76. The number of nitrogens with zero attached hydrogens (tertiary/aromatic N) is 1. The van der Waals surface area contributed by atoms with Crippen molar-refractivity contribution in [1.29, 1.82) is 0 Å². The molecule has 2 aromatic rings. The average molecular weight is 370 g/mol. The fourth-order valence-electron chi connectivity index (χ4n) is 3.29. The number of hydrogen-bond acceptors (Lipinski definition) is 4. The molecule has 0 aliphatic carbocycles. The van der Waals surface area contributed by atoms with Crippen LogP contribution in [0.25, 0.3) is 0 Å². The highest BCUT2D eigenvalue weighted by molar-refractivity contribution is 5.95. The SMILES string of the molecule is O=C(N[C@@H](Cc1ccccc1)C(=O)N1CCC[C@H](C(=O)O)C1)c1ccco1. The van der Waals surface area contributed by atoms with Gasteiger partial charge in [-0.1, -0.05) is 30.3 Å². The molecule has 27 heavy (non-hydrogen) atoms. The van der Waals surface area contributed by atoms with Crippen molar-refractivity contribution in [2.24, 2.45) is 5.92 Å². The van der Waals surface area contributed by atoms with Gasteiger partial charge < -0.3 is 19.7 Å². The Bertz CT molecular complexity index is 788. The zero-order valence-corrected chi connectivity index (χ0v) is 14.8. The molecule has 1 aliphatic heterocycles. The molecule has 1 aromatic heterocycles. The highest BCUT2D eigenvalue weighted by Gasteiger charge is 2.33. The second-order valence-corrected chi connectivity index (χ2v) is 6.65. The number of aliphatic carboxylic acids is 1. The average Bonchev–Trinajstić information content (AvgIpc) is 3.23.